The Hall–Kier alpha value is -1.53. The summed E-state index contributed by atoms with van der Waals surface area (Å²) in [7, 11) is 1.57. The van der Waals surface area contributed by atoms with Gasteiger partial charge in [0.15, 0.2) is 0 Å². The quantitative estimate of drug-likeness (QED) is 0.686. The lowest BCUT2D eigenvalue weighted by atomic mass is 9.95. The Labute approximate surface area is 125 Å². The van der Waals surface area contributed by atoms with Gasteiger partial charge in [-0.15, -0.1) is 0 Å². The van der Waals surface area contributed by atoms with Crippen LogP contribution in [0.15, 0.2) is 16.5 Å². The van der Waals surface area contributed by atoms with Gasteiger partial charge in [-0.25, -0.2) is 4.79 Å². The highest BCUT2D eigenvalue weighted by atomic mass is 16.5. The van der Waals surface area contributed by atoms with Crippen LogP contribution in [0.1, 0.15) is 44.3 Å². The van der Waals surface area contributed by atoms with Crippen LogP contribution in [0.3, 0.4) is 0 Å². The second-order valence-corrected chi connectivity index (χ2v) is 5.44. The monoisotopic (exact) mass is 298 g/mol. The van der Waals surface area contributed by atoms with Gasteiger partial charge < -0.3 is 24.9 Å². The molecular formula is C15H26N2O4. The summed E-state index contributed by atoms with van der Waals surface area (Å²) in [6.45, 7) is 6.08. The van der Waals surface area contributed by atoms with Crippen molar-refractivity contribution in [1.29, 1.82) is 0 Å². The molecule has 0 fully saturated rings. The minimum Gasteiger partial charge on any atom is -0.464 e. The maximum absolute atomic E-state index is 12.2. The van der Waals surface area contributed by atoms with Gasteiger partial charge in [-0.1, -0.05) is 6.92 Å². The third kappa shape index (κ3) is 5.40. The molecular weight excluding hydrogens is 272 g/mol. The van der Waals surface area contributed by atoms with Crippen molar-refractivity contribution in [1.82, 2.24) is 10.6 Å². The number of ether oxygens (including phenoxy) is 1. The normalized spacial score (nSPS) is 15.3. The number of furan rings is 1. The molecule has 6 heteroatoms. The van der Waals surface area contributed by atoms with Gasteiger partial charge in [0.25, 0.3) is 0 Å². The molecule has 6 nitrogen and oxygen atoms in total. The zero-order valence-electron chi connectivity index (χ0n) is 13.2. The molecule has 120 valence electrons. The zero-order valence-corrected chi connectivity index (χ0v) is 13.2. The van der Waals surface area contributed by atoms with Gasteiger partial charge in [-0.05, 0) is 38.8 Å². The maximum atomic E-state index is 12.2. The lowest BCUT2D eigenvalue weighted by Crippen LogP contribution is -2.51. The van der Waals surface area contributed by atoms with Crippen LogP contribution in [0.2, 0.25) is 0 Å². The summed E-state index contributed by atoms with van der Waals surface area (Å²) in [5.41, 5.74) is -0.435. The average Bonchev–Trinajstić information content (AvgIpc) is 2.85. The maximum Gasteiger partial charge on any atom is 0.315 e. The van der Waals surface area contributed by atoms with Gasteiger partial charge in [0, 0.05) is 19.3 Å². The third-order valence-corrected chi connectivity index (χ3v) is 3.60. The molecule has 0 bridgehead atoms. The number of rotatable bonds is 8. The number of hydrogen-bond acceptors (Lipinski definition) is 4. The van der Waals surface area contributed by atoms with E-state index in [-0.39, 0.29) is 18.7 Å². The van der Waals surface area contributed by atoms with Crippen molar-refractivity contribution < 1.29 is 19.1 Å². The van der Waals surface area contributed by atoms with E-state index in [1.807, 2.05) is 32.9 Å². The number of aryl methyl sites for hydroxylation is 1. The zero-order chi connectivity index (χ0) is 15.9. The van der Waals surface area contributed by atoms with E-state index in [1.165, 1.54) is 0 Å². The highest BCUT2D eigenvalue weighted by Crippen LogP contribution is 2.18. The second-order valence-electron chi connectivity index (χ2n) is 5.44. The molecule has 1 heterocycles. The molecule has 1 aromatic heterocycles. The van der Waals surface area contributed by atoms with Crippen LogP contribution >= 0.6 is 0 Å². The van der Waals surface area contributed by atoms with Crippen LogP contribution in [-0.4, -0.2) is 37.0 Å². The van der Waals surface area contributed by atoms with E-state index < -0.39 is 5.54 Å². The van der Waals surface area contributed by atoms with E-state index in [2.05, 4.69) is 10.6 Å². The predicted molar refractivity (Wildman–Crippen MR) is 80.1 cm³/mol. The molecule has 1 rings (SSSR count). The van der Waals surface area contributed by atoms with Gasteiger partial charge in [0.05, 0.1) is 6.61 Å². The van der Waals surface area contributed by atoms with Crippen molar-refractivity contribution in [3.8, 4) is 0 Å². The van der Waals surface area contributed by atoms with Crippen molar-refractivity contribution in [3.05, 3.63) is 23.7 Å². The number of methoxy groups -OCH3 is 1. The fourth-order valence-electron chi connectivity index (χ4n) is 2.05. The number of aliphatic hydroxyl groups is 1. The number of hydrogen-bond donors (Lipinski definition) is 3. The van der Waals surface area contributed by atoms with Gasteiger partial charge in [-0.3, -0.25) is 0 Å². The Kier molecular flexibility index (Phi) is 6.71. The molecule has 21 heavy (non-hydrogen) atoms. The van der Waals surface area contributed by atoms with E-state index in [9.17, 15) is 4.79 Å². The Morgan fingerprint density at radius 1 is 1.52 bits per heavy atom. The summed E-state index contributed by atoms with van der Waals surface area (Å²) in [4.78, 5) is 12.2. The lowest BCUT2D eigenvalue weighted by molar-refractivity contribution is 0.152. The van der Waals surface area contributed by atoms with Crippen molar-refractivity contribution in [2.24, 2.45) is 0 Å². The fourth-order valence-corrected chi connectivity index (χ4v) is 2.05. The van der Waals surface area contributed by atoms with Crippen molar-refractivity contribution in [3.63, 3.8) is 0 Å². The summed E-state index contributed by atoms with van der Waals surface area (Å²) in [5, 5.41) is 14.8. The molecule has 0 saturated heterocycles. The smallest absolute Gasteiger partial charge is 0.315 e. The SMILES string of the molecule is CCC(C)(CCO)NC(=O)NC(COC)c1ccc(C)o1. The van der Waals surface area contributed by atoms with Gasteiger partial charge in [-0.2, -0.15) is 0 Å². The number of aliphatic hydroxyl groups excluding tert-OH is 1. The number of carbonyl (C=O) groups excluding carboxylic acids is 1. The van der Waals surface area contributed by atoms with Crippen molar-refractivity contribution >= 4 is 6.03 Å². The molecule has 0 aromatic carbocycles. The second kappa shape index (κ2) is 8.05. The van der Waals surface area contributed by atoms with Crippen LogP contribution in [0.5, 0.6) is 0 Å². The molecule has 0 aliphatic heterocycles. The molecule has 0 aliphatic carbocycles. The van der Waals surface area contributed by atoms with E-state index in [4.69, 9.17) is 14.3 Å². The average molecular weight is 298 g/mol. The van der Waals surface area contributed by atoms with Crippen molar-refractivity contribution in [2.45, 2.75) is 45.2 Å². The number of nitrogens with one attached hydrogen (secondary N) is 2. The summed E-state index contributed by atoms with van der Waals surface area (Å²) < 4.78 is 10.7. The van der Waals surface area contributed by atoms with Crippen molar-refractivity contribution in [2.75, 3.05) is 20.3 Å². The Morgan fingerprint density at radius 3 is 2.71 bits per heavy atom. The standard InChI is InChI=1S/C15H26N2O4/c1-5-15(3,8-9-18)17-14(19)16-12(10-20-4)13-7-6-11(2)21-13/h6-7,12,18H,5,8-10H2,1-4H3,(H2,16,17,19). The van der Waals surface area contributed by atoms with Crippen LogP contribution in [0.4, 0.5) is 4.79 Å². The third-order valence-electron chi connectivity index (χ3n) is 3.60. The first-order valence-electron chi connectivity index (χ1n) is 7.19. The Balaban J connectivity index is 2.68. The predicted octanol–water partition coefficient (Wildman–Crippen LogP) is 2.13. The first-order chi connectivity index (χ1) is 9.94. The first kappa shape index (κ1) is 17.5. The molecule has 3 N–H and O–H groups in total. The Bertz CT molecular complexity index is 447. The van der Waals surface area contributed by atoms with E-state index in [0.29, 0.717) is 18.8 Å². The molecule has 0 spiro atoms. The van der Waals surface area contributed by atoms with Gasteiger partial charge >= 0.3 is 6.03 Å². The van der Waals surface area contributed by atoms with E-state index in [0.717, 1.165) is 12.2 Å². The lowest BCUT2D eigenvalue weighted by Gasteiger charge is -2.30. The van der Waals surface area contributed by atoms with Crippen LogP contribution < -0.4 is 10.6 Å². The summed E-state index contributed by atoms with van der Waals surface area (Å²) in [5.74, 6) is 1.44. The first-order valence-corrected chi connectivity index (χ1v) is 7.19. The molecule has 0 radical (unpaired) electrons. The molecule has 0 saturated carbocycles. The molecule has 2 unspecified atom stereocenters. The summed E-state index contributed by atoms with van der Waals surface area (Å²) in [6, 6.07) is 3.02. The minimum absolute atomic E-state index is 0.0312. The summed E-state index contributed by atoms with van der Waals surface area (Å²) >= 11 is 0. The van der Waals surface area contributed by atoms with E-state index in [1.54, 1.807) is 7.11 Å². The number of amides is 2. The molecule has 0 aliphatic rings. The largest absolute Gasteiger partial charge is 0.464 e. The van der Waals surface area contributed by atoms with Crippen LogP contribution in [-0.2, 0) is 4.74 Å². The highest BCUT2D eigenvalue weighted by molar-refractivity contribution is 5.75. The van der Waals surface area contributed by atoms with Crippen LogP contribution in [0.25, 0.3) is 0 Å². The number of urea groups is 1. The highest BCUT2D eigenvalue weighted by Gasteiger charge is 2.25. The van der Waals surface area contributed by atoms with Gasteiger partial charge in [0.1, 0.15) is 17.6 Å². The fraction of sp³-hybridized carbons (Fsp3) is 0.667. The van der Waals surface area contributed by atoms with Gasteiger partial charge in [0.2, 0.25) is 0 Å². The number of carbonyl (C=O) groups is 1. The minimum atomic E-state index is -0.435. The topological polar surface area (TPSA) is 83.7 Å². The molecule has 2 atom stereocenters. The Morgan fingerprint density at radius 2 is 2.24 bits per heavy atom. The van der Waals surface area contributed by atoms with Crippen LogP contribution in [0, 0.1) is 6.92 Å². The molecule has 2 amide bonds. The van der Waals surface area contributed by atoms with E-state index >= 15 is 0 Å². The molecule has 1 aromatic rings. The summed E-state index contributed by atoms with van der Waals surface area (Å²) in [6.07, 6.45) is 1.24.